The highest BCUT2D eigenvalue weighted by molar-refractivity contribution is 14.1. The lowest BCUT2D eigenvalue weighted by Crippen LogP contribution is -2.36. The molecule has 0 saturated carbocycles. The van der Waals surface area contributed by atoms with Gasteiger partial charge in [0, 0.05) is 16.7 Å². The van der Waals surface area contributed by atoms with Gasteiger partial charge in [-0.15, -0.1) is 0 Å². The first kappa shape index (κ1) is 9.97. The Hall–Kier alpha value is -0.560. The second-order valence-electron chi connectivity index (χ2n) is 3.16. The highest BCUT2D eigenvalue weighted by atomic mass is 127. The van der Waals surface area contributed by atoms with E-state index in [4.69, 9.17) is 10.5 Å². The van der Waals surface area contributed by atoms with Gasteiger partial charge in [0.15, 0.2) is 0 Å². The van der Waals surface area contributed by atoms with Crippen LogP contribution in [0.4, 0.5) is 11.5 Å². The first-order valence-electron chi connectivity index (χ1n) is 4.51. The summed E-state index contributed by atoms with van der Waals surface area (Å²) in [6, 6.07) is 2.02. The molecular formula is C9H12IN3O. The molecule has 0 atom stereocenters. The van der Waals surface area contributed by atoms with Crippen LogP contribution in [0.3, 0.4) is 0 Å². The van der Waals surface area contributed by atoms with Crippen molar-refractivity contribution >= 4 is 34.1 Å². The van der Waals surface area contributed by atoms with Crippen LogP contribution in [0.1, 0.15) is 0 Å². The molecule has 4 nitrogen and oxygen atoms in total. The molecule has 14 heavy (non-hydrogen) atoms. The van der Waals surface area contributed by atoms with Crippen molar-refractivity contribution in [2.75, 3.05) is 36.9 Å². The van der Waals surface area contributed by atoms with Gasteiger partial charge in [-0.25, -0.2) is 4.98 Å². The summed E-state index contributed by atoms with van der Waals surface area (Å²) in [5, 5.41) is 0. The zero-order valence-corrected chi connectivity index (χ0v) is 9.90. The van der Waals surface area contributed by atoms with Crippen molar-refractivity contribution in [2.45, 2.75) is 0 Å². The van der Waals surface area contributed by atoms with Crippen molar-refractivity contribution in [3.8, 4) is 0 Å². The van der Waals surface area contributed by atoms with Crippen molar-refractivity contribution in [1.29, 1.82) is 0 Å². The van der Waals surface area contributed by atoms with E-state index in [0.29, 0.717) is 0 Å². The van der Waals surface area contributed by atoms with Crippen LogP contribution >= 0.6 is 22.6 Å². The van der Waals surface area contributed by atoms with E-state index in [1.54, 1.807) is 6.20 Å². The van der Waals surface area contributed by atoms with Crippen LogP contribution in [0.25, 0.3) is 0 Å². The standard InChI is InChI=1S/C9H12IN3O/c10-7-5-9(12-6-8(7)11)13-1-3-14-4-2-13/h5-6H,1-4,11H2. The van der Waals surface area contributed by atoms with Crippen molar-refractivity contribution < 1.29 is 4.74 Å². The average Bonchev–Trinajstić information content (AvgIpc) is 2.23. The third-order valence-corrected chi connectivity index (χ3v) is 3.14. The number of nitrogens with two attached hydrogens (primary N) is 1. The third-order valence-electron chi connectivity index (χ3n) is 2.20. The van der Waals surface area contributed by atoms with Gasteiger partial charge >= 0.3 is 0 Å². The van der Waals surface area contributed by atoms with E-state index in [0.717, 1.165) is 41.4 Å². The number of pyridine rings is 1. The molecule has 1 fully saturated rings. The molecule has 1 aromatic heterocycles. The van der Waals surface area contributed by atoms with Crippen molar-refractivity contribution in [3.63, 3.8) is 0 Å². The Morgan fingerprint density at radius 3 is 2.79 bits per heavy atom. The second kappa shape index (κ2) is 4.31. The van der Waals surface area contributed by atoms with Gasteiger partial charge in [0.2, 0.25) is 0 Å². The van der Waals surface area contributed by atoms with Crippen LogP contribution in [-0.4, -0.2) is 31.3 Å². The van der Waals surface area contributed by atoms with Gasteiger partial charge in [0.1, 0.15) is 5.82 Å². The summed E-state index contributed by atoms with van der Waals surface area (Å²) in [6.45, 7) is 3.38. The minimum atomic E-state index is 0.739. The quantitative estimate of drug-likeness (QED) is 0.790. The molecule has 2 rings (SSSR count). The Morgan fingerprint density at radius 1 is 1.43 bits per heavy atom. The van der Waals surface area contributed by atoms with Crippen LogP contribution in [0.15, 0.2) is 12.3 Å². The first-order valence-corrected chi connectivity index (χ1v) is 5.59. The molecule has 0 spiro atoms. The molecule has 2 heterocycles. The number of aromatic nitrogens is 1. The minimum Gasteiger partial charge on any atom is -0.397 e. The molecule has 76 valence electrons. The molecule has 1 saturated heterocycles. The van der Waals surface area contributed by atoms with Gasteiger partial charge in [-0.05, 0) is 28.7 Å². The van der Waals surface area contributed by atoms with E-state index >= 15 is 0 Å². The van der Waals surface area contributed by atoms with Crippen LogP contribution in [0.5, 0.6) is 0 Å². The van der Waals surface area contributed by atoms with Crippen LogP contribution in [0.2, 0.25) is 0 Å². The average molecular weight is 305 g/mol. The summed E-state index contributed by atoms with van der Waals surface area (Å²) in [6.07, 6.45) is 1.71. The Labute approximate surface area is 96.6 Å². The maximum atomic E-state index is 5.71. The Bertz CT molecular complexity index is 326. The highest BCUT2D eigenvalue weighted by Crippen LogP contribution is 2.20. The number of rotatable bonds is 1. The zero-order chi connectivity index (χ0) is 9.97. The molecule has 1 aromatic rings. The van der Waals surface area contributed by atoms with Gasteiger partial charge in [-0.3, -0.25) is 0 Å². The van der Waals surface area contributed by atoms with E-state index in [-0.39, 0.29) is 0 Å². The maximum absolute atomic E-state index is 5.71. The lowest BCUT2D eigenvalue weighted by molar-refractivity contribution is 0.122. The zero-order valence-electron chi connectivity index (χ0n) is 7.74. The SMILES string of the molecule is Nc1cnc(N2CCOCC2)cc1I. The fraction of sp³-hybridized carbons (Fsp3) is 0.444. The fourth-order valence-corrected chi connectivity index (χ4v) is 1.81. The van der Waals surface area contributed by atoms with Gasteiger partial charge in [-0.1, -0.05) is 0 Å². The topological polar surface area (TPSA) is 51.4 Å². The molecular weight excluding hydrogens is 293 g/mol. The smallest absolute Gasteiger partial charge is 0.129 e. The number of ether oxygens (including phenoxy) is 1. The van der Waals surface area contributed by atoms with E-state index in [9.17, 15) is 0 Å². The van der Waals surface area contributed by atoms with Gasteiger partial charge in [0.05, 0.1) is 25.1 Å². The molecule has 0 aliphatic carbocycles. The molecule has 1 aliphatic heterocycles. The Morgan fingerprint density at radius 2 is 2.14 bits per heavy atom. The monoisotopic (exact) mass is 305 g/mol. The number of anilines is 2. The lowest BCUT2D eigenvalue weighted by Gasteiger charge is -2.27. The number of halogens is 1. The summed E-state index contributed by atoms with van der Waals surface area (Å²) in [4.78, 5) is 6.52. The summed E-state index contributed by atoms with van der Waals surface area (Å²) in [5.41, 5.74) is 6.44. The Balaban J connectivity index is 2.18. The Kier molecular flexibility index (Phi) is 3.07. The molecule has 0 amide bonds. The molecule has 0 aromatic carbocycles. The molecule has 2 N–H and O–H groups in total. The number of nitrogens with zero attached hydrogens (tertiary/aromatic N) is 2. The largest absolute Gasteiger partial charge is 0.397 e. The van der Waals surface area contributed by atoms with Crippen molar-refractivity contribution in [3.05, 3.63) is 15.8 Å². The number of hydrogen-bond donors (Lipinski definition) is 1. The molecule has 0 radical (unpaired) electrons. The van der Waals surface area contributed by atoms with Gasteiger partial charge in [-0.2, -0.15) is 0 Å². The molecule has 1 aliphatic rings. The van der Waals surface area contributed by atoms with E-state index in [1.807, 2.05) is 6.07 Å². The minimum absolute atomic E-state index is 0.739. The van der Waals surface area contributed by atoms with Crippen molar-refractivity contribution in [2.24, 2.45) is 0 Å². The van der Waals surface area contributed by atoms with Gasteiger partial charge < -0.3 is 15.4 Å². The predicted molar refractivity (Wildman–Crippen MR) is 64.4 cm³/mol. The van der Waals surface area contributed by atoms with Crippen LogP contribution < -0.4 is 10.6 Å². The molecule has 5 heteroatoms. The summed E-state index contributed by atoms with van der Waals surface area (Å²) in [7, 11) is 0. The second-order valence-corrected chi connectivity index (χ2v) is 4.33. The summed E-state index contributed by atoms with van der Waals surface area (Å²) >= 11 is 2.22. The fourth-order valence-electron chi connectivity index (χ4n) is 1.40. The normalized spacial score (nSPS) is 17.1. The molecule has 0 unspecified atom stereocenters. The van der Waals surface area contributed by atoms with Crippen molar-refractivity contribution in [1.82, 2.24) is 4.98 Å². The van der Waals surface area contributed by atoms with E-state index in [2.05, 4.69) is 32.5 Å². The number of morpholine rings is 1. The molecule has 0 bridgehead atoms. The first-order chi connectivity index (χ1) is 6.77. The maximum Gasteiger partial charge on any atom is 0.129 e. The highest BCUT2D eigenvalue weighted by Gasteiger charge is 2.12. The lowest BCUT2D eigenvalue weighted by atomic mass is 10.3. The third kappa shape index (κ3) is 2.09. The summed E-state index contributed by atoms with van der Waals surface area (Å²) < 4.78 is 6.33. The number of hydrogen-bond acceptors (Lipinski definition) is 4. The number of nitrogen functional groups attached to an aromatic ring is 1. The predicted octanol–water partition coefficient (Wildman–Crippen LogP) is 1.10. The van der Waals surface area contributed by atoms with Gasteiger partial charge in [0.25, 0.3) is 0 Å². The van der Waals surface area contributed by atoms with Crippen LogP contribution in [-0.2, 0) is 4.74 Å². The van der Waals surface area contributed by atoms with E-state index in [1.165, 1.54) is 0 Å². The summed E-state index contributed by atoms with van der Waals surface area (Å²) in [5.74, 6) is 0.992. The van der Waals surface area contributed by atoms with E-state index < -0.39 is 0 Å². The van der Waals surface area contributed by atoms with Crippen LogP contribution in [0, 0.1) is 3.57 Å².